The summed E-state index contributed by atoms with van der Waals surface area (Å²) in [4.78, 5) is 16.5. The molecule has 0 bridgehead atoms. The van der Waals surface area contributed by atoms with Gasteiger partial charge in [0.05, 0.1) is 17.0 Å². The topological polar surface area (TPSA) is 56.6 Å². The number of hydrogen-bond donors (Lipinski definition) is 0. The summed E-state index contributed by atoms with van der Waals surface area (Å²) < 4.78 is 5.48. The molecule has 1 unspecified atom stereocenters. The standard InChI is InChI=1S/C19H25N3O2/c1-19(2)13-17(24-18(19)23)7-8-21-9-11-22(12-10-21)16-5-3-15(14-20)4-6-16/h3-6,17H,7-13H2,1-2H3. The Kier molecular flexibility index (Phi) is 4.77. The molecule has 1 aromatic rings. The second kappa shape index (κ2) is 6.82. The summed E-state index contributed by atoms with van der Waals surface area (Å²) in [7, 11) is 0. The predicted molar refractivity (Wildman–Crippen MR) is 92.7 cm³/mol. The summed E-state index contributed by atoms with van der Waals surface area (Å²) in [6.45, 7) is 8.92. The summed E-state index contributed by atoms with van der Waals surface area (Å²) in [6, 6.07) is 9.94. The van der Waals surface area contributed by atoms with Crippen molar-refractivity contribution in [1.29, 1.82) is 5.26 Å². The van der Waals surface area contributed by atoms with E-state index in [9.17, 15) is 4.79 Å². The largest absolute Gasteiger partial charge is 0.462 e. The van der Waals surface area contributed by atoms with Gasteiger partial charge in [-0.15, -0.1) is 0 Å². The molecule has 0 N–H and O–H groups in total. The van der Waals surface area contributed by atoms with Crippen LogP contribution in [0.25, 0.3) is 0 Å². The van der Waals surface area contributed by atoms with E-state index in [0.717, 1.165) is 45.6 Å². The average molecular weight is 327 g/mol. The van der Waals surface area contributed by atoms with Crippen molar-refractivity contribution >= 4 is 11.7 Å². The zero-order valence-electron chi connectivity index (χ0n) is 14.5. The number of carbonyl (C=O) groups is 1. The molecule has 1 atom stereocenters. The number of carbonyl (C=O) groups excluding carboxylic acids is 1. The molecule has 5 heteroatoms. The Morgan fingerprint density at radius 3 is 2.42 bits per heavy atom. The van der Waals surface area contributed by atoms with Gasteiger partial charge >= 0.3 is 5.97 Å². The Hall–Kier alpha value is -2.06. The molecule has 0 radical (unpaired) electrons. The number of anilines is 1. The van der Waals surface area contributed by atoms with Crippen molar-refractivity contribution in [3.63, 3.8) is 0 Å². The molecule has 0 aliphatic carbocycles. The molecule has 2 fully saturated rings. The summed E-state index contributed by atoms with van der Waals surface area (Å²) in [5.41, 5.74) is 1.56. The molecule has 24 heavy (non-hydrogen) atoms. The fourth-order valence-electron chi connectivity index (χ4n) is 3.47. The van der Waals surface area contributed by atoms with Crippen LogP contribution in [-0.4, -0.2) is 49.7 Å². The van der Waals surface area contributed by atoms with Crippen LogP contribution in [0.2, 0.25) is 0 Å². The first kappa shape index (κ1) is 16.8. The maximum atomic E-state index is 11.7. The summed E-state index contributed by atoms with van der Waals surface area (Å²) in [5.74, 6) is -0.0573. The normalized spacial score (nSPS) is 23.8. The highest BCUT2D eigenvalue weighted by molar-refractivity contribution is 5.78. The maximum absolute atomic E-state index is 11.7. The first-order valence-electron chi connectivity index (χ1n) is 8.66. The highest BCUT2D eigenvalue weighted by atomic mass is 16.6. The van der Waals surface area contributed by atoms with Crippen LogP contribution in [0.5, 0.6) is 0 Å². The molecule has 5 nitrogen and oxygen atoms in total. The van der Waals surface area contributed by atoms with Gasteiger partial charge in [0.2, 0.25) is 0 Å². The van der Waals surface area contributed by atoms with E-state index in [4.69, 9.17) is 10.00 Å². The lowest BCUT2D eigenvalue weighted by molar-refractivity contribution is -0.147. The number of benzene rings is 1. The molecule has 1 aromatic carbocycles. The van der Waals surface area contributed by atoms with Crippen LogP contribution in [0, 0.1) is 16.7 Å². The van der Waals surface area contributed by atoms with E-state index in [-0.39, 0.29) is 17.5 Å². The number of ether oxygens (including phenoxy) is 1. The number of nitriles is 1. The smallest absolute Gasteiger partial charge is 0.311 e. The Labute approximate surface area is 143 Å². The fourth-order valence-corrected chi connectivity index (χ4v) is 3.47. The minimum atomic E-state index is -0.320. The van der Waals surface area contributed by atoms with Gasteiger partial charge in [0.25, 0.3) is 0 Å². The lowest BCUT2D eigenvalue weighted by atomic mass is 9.89. The van der Waals surface area contributed by atoms with Gasteiger partial charge in [0, 0.05) is 38.4 Å². The van der Waals surface area contributed by atoms with Crippen LogP contribution >= 0.6 is 0 Å². The van der Waals surface area contributed by atoms with E-state index in [2.05, 4.69) is 15.9 Å². The summed E-state index contributed by atoms with van der Waals surface area (Å²) >= 11 is 0. The number of esters is 1. The number of hydrogen-bond acceptors (Lipinski definition) is 5. The van der Waals surface area contributed by atoms with Crippen LogP contribution in [0.4, 0.5) is 5.69 Å². The Morgan fingerprint density at radius 2 is 1.88 bits per heavy atom. The van der Waals surface area contributed by atoms with E-state index in [1.807, 2.05) is 38.1 Å². The molecule has 0 amide bonds. The Balaban J connectivity index is 1.44. The molecule has 2 aliphatic heterocycles. The molecular weight excluding hydrogens is 302 g/mol. The van der Waals surface area contributed by atoms with Gasteiger partial charge in [0.1, 0.15) is 6.10 Å². The summed E-state index contributed by atoms with van der Waals surface area (Å²) in [5, 5.41) is 8.87. The van der Waals surface area contributed by atoms with Crippen molar-refractivity contribution in [1.82, 2.24) is 4.90 Å². The quantitative estimate of drug-likeness (QED) is 0.795. The fraction of sp³-hybridized carbons (Fsp3) is 0.579. The van der Waals surface area contributed by atoms with Crippen molar-refractivity contribution < 1.29 is 9.53 Å². The SMILES string of the molecule is CC1(C)CC(CCN2CCN(c3ccc(C#N)cc3)CC2)OC1=O. The van der Waals surface area contributed by atoms with Gasteiger partial charge in [-0.05, 0) is 51.0 Å². The third-order valence-corrected chi connectivity index (χ3v) is 5.07. The van der Waals surface area contributed by atoms with Gasteiger partial charge in [-0.25, -0.2) is 0 Å². The van der Waals surface area contributed by atoms with Crippen molar-refractivity contribution in [2.24, 2.45) is 5.41 Å². The summed E-state index contributed by atoms with van der Waals surface area (Å²) in [6.07, 6.45) is 1.83. The van der Waals surface area contributed by atoms with Crippen LogP contribution in [0.1, 0.15) is 32.3 Å². The maximum Gasteiger partial charge on any atom is 0.311 e. The number of rotatable bonds is 4. The van der Waals surface area contributed by atoms with Crippen molar-refractivity contribution in [2.45, 2.75) is 32.8 Å². The molecule has 2 saturated heterocycles. The molecule has 0 aromatic heterocycles. The van der Waals surface area contributed by atoms with Gasteiger partial charge in [-0.3, -0.25) is 9.69 Å². The van der Waals surface area contributed by atoms with Crippen molar-refractivity contribution in [3.8, 4) is 6.07 Å². The molecule has 0 saturated carbocycles. The third kappa shape index (κ3) is 3.70. The van der Waals surface area contributed by atoms with Crippen LogP contribution in [0.15, 0.2) is 24.3 Å². The number of piperazine rings is 1. The second-order valence-electron chi connectivity index (χ2n) is 7.39. The monoisotopic (exact) mass is 327 g/mol. The van der Waals surface area contributed by atoms with Crippen molar-refractivity contribution in [3.05, 3.63) is 29.8 Å². The molecule has 3 rings (SSSR count). The van der Waals surface area contributed by atoms with E-state index in [1.54, 1.807) is 0 Å². The zero-order valence-corrected chi connectivity index (χ0v) is 14.5. The van der Waals surface area contributed by atoms with Crippen molar-refractivity contribution in [2.75, 3.05) is 37.6 Å². The van der Waals surface area contributed by atoms with E-state index >= 15 is 0 Å². The predicted octanol–water partition coefficient (Wildman–Crippen LogP) is 2.41. The average Bonchev–Trinajstić information content (AvgIpc) is 2.86. The molecular formula is C19H25N3O2. The van der Waals surface area contributed by atoms with E-state index < -0.39 is 0 Å². The van der Waals surface area contributed by atoms with Crippen LogP contribution < -0.4 is 4.90 Å². The van der Waals surface area contributed by atoms with Crippen LogP contribution in [0.3, 0.4) is 0 Å². The van der Waals surface area contributed by atoms with Crippen LogP contribution in [-0.2, 0) is 9.53 Å². The minimum Gasteiger partial charge on any atom is -0.462 e. The Morgan fingerprint density at radius 1 is 1.21 bits per heavy atom. The minimum absolute atomic E-state index is 0.0573. The lowest BCUT2D eigenvalue weighted by Crippen LogP contribution is -2.47. The van der Waals surface area contributed by atoms with Gasteiger partial charge in [-0.1, -0.05) is 0 Å². The molecule has 128 valence electrons. The lowest BCUT2D eigenvalue weighted by Gasteiger charge is -2.36. The van der Waals surface area contributed by atoms with Gasteiger partial charge in [0.15, 0.2) is 0 Å². The van der Waals surface area contributed by atoms with E-state index in [0.29, 0.717) is 5.56 Å². The number of cyclic esters (lactones) is 1. The first-order chi connectivity index (χ1) is 11.5. The molecule has 2 heterocycles. The van der Waals surface area contributed by atoms with E-state index in [1.165, 1.54) is 5.69 Å². The van der Waals surface area contributed by atoms with Gasteiger partial charge in [-0.2, -0.15) is 5.26 Å². The third-order valence-electron chi connectivity index (χ3n) is 5.07. The Bertz CT molecular complexity index is 625. The molecule has 2 aliphatic rings. The highest BCUT2D eigenvalue weighted by Crippen LogP contribution is 2.34. The zero-order chi connectivity index (χ0) is 17.2. The molecule has 0 spiro atoms. The first-order valence-corrected chi connectivity index (χ1v) is 8.66. The number of nitrogens with zero attached hydrogens (tertiary/aromatic N) is 3. The highest BCUT2D eigenvalue weighted by Gasteiger charge is 2.41. The van der Waals surface area contributed by atoms with Gasteiger partial charge < -0.3 is 9.64 Å². The second-order valence-corrected chi connectivity index (χ2v) is 7.39.